The maximum atomic E-state index is 5.72. The number of ether oxygens (including phenoxy) is 1. The van der Waals surface area contributed by atoms with E-state index in [9.17, 15) is 0 Å². The highest BCUT2D eigenvalue weighted by Gasteiger charge is 2.42. The Morgan fingerprint density at radius 1 is 1.13 bits per heavy atom. The lowest BCUT2D eigenvalue weighted by Gasteiger charge is -2.48. The molecule has 0 aromatic heterocycles. The summed E-state index contributed by atoms with van der Waals surface area (Å²) in [4.78, 5) is 0. The van der Waals surface area contributed by atoms with Crippen LogP contribution in [-0.4, -0.2) is 13.2 Å². The fraction of sp³-hybridized carbons (Fsp3) is 1.00. The molecule has 2 rings (SSSR count). The molecule has 2 aliphatic carbocycles. The van der Waals surface area contributed by atoms with Crippen LogP contribution < -0.4 is 0 Å². The first-order chi connectivity index (χ1) is 7.26. The summed E-state index contributed by atoms with van der Waals surface area (Å²) >= 11 is 0. The lowest BCUT2D eigenvalue weighted by molar-refractivity contribution is -0.0426. The van der Waals surface area contributed by atoms with Crippen molar-refractivity contribution in [2.75, 3.05) is 13.2 Å². The van der Waals surface area contributed by atoms with Crippen LogP contribution in [-0.2, 0) is 4.74 Å². The highest BCUT2D eigenvalue weighted by atomic mass is 16.5. The molecule has 0 bridgehead atoms. The van der Waals surface area contributed by atoms with Crippen LogP contribution in [0.1, 0.15) is 58.8 Å². The van der Waals surface area contributed by atoms with Crippen LogP contribution in [0.4, 0.5) is 0 Å². The normalized spacial score (nSPS) is 41.2. The molecule has 0 spiro atoms. The van der Waals surface area contributed by atoms with Crippen LogP contribution >= 0.6 is 0 Å². The third kappa shape index (κ3) is 2.38. The molecule has 88 valence electrons. The molecule has 0 saturated heterocycles. The third-order valence-electron chi connectivity index (χ3n) is 4.76. The predicted octanol–water partition coefficient (Wildman–Crippen LogP) is 4.02. The summed E-state index contributed by atoms with van der Waals surface area (Å²) in [5, 5.41) is 0. The van der Waals surface area contributed by atoms with Crippen molar-refractivity contribution >= 4 is 0 Å². The molecule has 1 heteroatoms. The SMILES string of the molecule is CCOCC1(C)CCCC2CCCCC21. The molecule has 0 amide bonds. The van der Waals surface area contributed by atoms with Gasteiger partial charge in [0.15, 0.2) is 0 Å². The highest BCUT2D eigenvalue weighted by molar-refractivity contribution is 4.92. The van der Waals surface area contributed by atoms with Gasteiger partial charge in [-0.05, 0) is 37.0 Å². The maximum absolute atomic E-state index is 5.72. The van der Waals surface area contributed by atoms with Crippen molar-refractivity contribution in [2.45, 2.75) is 58.8 Å². The Kier molecular flexibility index (Phi) is 3.71. The van der Waals surface area contributed by atoms with Gasteiger partial charge in [0.25, 0.3) is 0 Å². The van der Waals surface area contributed by atoms with Gasteiger partial charge in [0.1, 0.15) is 0 Å². The van der Waals surface area contributed by atoms with Gasteiger partial charge in [-0.2, -0.15) is 0 Å². The van der Waals surface area contributed by atoms with Gasteiger partial charge in [-0.15, -0.1) is 0 Å². The number of hydrogen-bond donors (Lipinski definition) is 0. The van der Waals surface area contributed by atoms with Crippen LogP contribution in [0.5, 0.6) is 0 Å². The molecule has 15 heavy (non-hydrogen) atoms. The summed E-state index contributed by atoms with van der Waals surface area (Å²) in [5.41, 5.74) is 0.499. The minimum absolute atomic E-state index is 0.499. The van der Waals surface area contributed by atoms with Gasteiger partial charge in [-0.1, -0.05) is 39.0 Å². The first-order valence-corrected chi connectivity index (χ1v) is 6.84. The molecule has 2 saturated carbocycles. The second kappa shape index (κ2) is 4.86. The minimum Gasteiger partial charge on any atom is -0.381 e. The van der Waals surface area contributed by atoms with Crippen LogP contribution in [0.15, 0.2) is 0 Å². The van der Waals surface area contributed by atoms with Gasteiger partial charge in [0, 0.05) is 6.61 Å². The average molecular weight is 210 g/mol. The Balaban J connectivity index is 2.01. The second-order valence-corrected chi connectivity index (χ2v) is 5.83. The van der Waals surface area contributed by atoms with Gasteiger partial charge < -0.3 is 4.74 Å². The number of fused-ring (bicyclic) bond motifs is 1. The standard InChI is InChI=1S/C14H26O/c1-3-15-11-14(2)10-6-8-12-7-4-5-9-13(12)14/h12-13H,3-11H2,1-2H3. The Morgan fingerprint density at radius 3 is 2.67 bits per heavy atom. The lowest BCUT2D eigenvalue weighted by Crippen LogP contribution is -2.42. The molecule has 0 aromatic rings. The Hall–Kier alpha value is -0.0400. The molecule has 0 heterocycles. The van der Waals surface area contributed by atoms with Gasteiger partial charge >= 0.3 is 0 Å². The van der Waals surface area contributed by atoms with Crippen LogP contribution in [0.25, 0.3) is 0 Å². The van der Waals surface area contributed by atoms with Crippen LogP contribution in [0, 0.1) is 17.3 Å². The Labute approximate surface area is 94.6 Å². The molecule has 0 radical (unpaired) electrons. The topological polar surface area (TPSA) is 9.23 Å². The zero-order chi connectivity index (χ0) is 10.7. The van der Waals surface area contributed by atoms with Crippen molar-refractivity contribution in [3.8, 4) is 0 Å². The molecule has 3 atom stereocenters. The van der Waals surface area contributed by atoms with Gasteiger partial charge in [0.05, 0.1) is 6.61 Å². The first-order valence-electron chi connectivity index (χ1n) is 6.84. The molecule has 0 aliphatic heterocycles. The Bertz CT molecular complexity index is 200. The summed E-state index contributed by atoms with van der Waals surface area (Å²) < 4.78 is 5.72. The number of hydrogen-bond acceptors (Lipinski definition) is 1. The fourth-order valence-electron chi connectivity index (χ4n) is 3.94. The summed E-state index contributed by atoms with van der Waals surface area (Å²) in [6, 6.07) is 0. The van der Waals surface area contributed by atoms with Crippen molar-refractivity contribution in [1.29, 1.82) is 0 Å². The molecule has 3 unspecified atom stereocenters. The van der Waals surface area contributed by atoms with Crippen molar-refractivity contribution in [1.82, 2.24) is 0 Å². The van der Waals surface area contributed by atoms with Crippen molar-refractivity contribution in [3.63, 3.8) is 0 Å². The molecule has 1 nitrogen and oxygen atoms in total. The van der Waals surface area contributed by atoms with E-state index >= 15 is 0 Å². The summed E-state index contributed by atoms with van der Waals surface area (Å²) in [5.74, 6) is 1.99. The highest BCUT2D eigenvalue weighted by Crippen LogP contribution is 2.50. The smallest absolute Gasteiger partial charge is 0.0522 e. The maximum Gasteiger partial charge on any atom is 0.0522 e. The minimum atomic E-state index is 0.499. The summed E-state index contributed by atoms with van der Waals surface area (Å²) in [6.07, 6.45) is 10.2. The van der Waals surface area contributed by atoms with Crippen molar-refractivity contribution in [3.05, 3.63) is 0 Å². The lowest BCUT2D eigenvalue weighted by atomic mass is 9.58. The van der Waals surface area contributed by atoms with Gasteiger partial charge in [-0.3, -0.25) is 0 Å². The zero-order valence-electron chi connectivity index (χ0n) is 10.4. The molecule has 0 N–H and O–H groups in total. The average Bonchev–Trinajstić information content (AvgIpc) is 2.27. The predicted molar refractivity (Wildman–Crippen MR) is 63.9 cm³/mol. The van der Waals surface area contributed by atoms with Crippen LogP contribution in [0.2, 0.25) is 0 Å². The zero-order valence-corrected chi connectivity index (χ0v) is 10.4. The summed E-state index contributed by atoms with van der Waals surface area (Å²) in [6.45, 7) is 6.48. The monoisotopic (exact) mass is 210 g/mol. The molecule has 2 fully saturated rings. The second-order valence-electron chi connectivity index (χ2n) is 5.83. The molecule has 2 aliphatic rings. The van der Waals surface area contributed by atoms with Crippen molar-refractivity contribution < 1.29 is 4.74 Å². The van der Waals surface area contributed by atoms with Gasteiger partial charge in [0.2, 0.25) is 0 Å². The van der Waals surface area contributed by atoms with Gasteiger partial charge in [-0.25, -0.2) is 0 Å². The molecular formula is C14H26O. The number of rotatable bonds is 3. The third-order valence-corrected chi connectivity index (χ3v) is 4.76. The van der Waals surface area contributed by atoms with E-state index in [1.54, 1.807) is 0 Å². The quantitative estimate of drug-likeness (QED) is 0.683. The van der Waals surface area contributed by atoms with Crippen LogP contribution in [0.3, 0.4) is 0 Å². The fourth-order valence-corrected chi connectivity index (χ4v) is 3.94. The first kappa shape index (κ1) is 11.4. The Morgan fingerprint density at radius 2 is 1.87 bits per heavy atom. The van der Waals surface area contributed by atoms with E-state index in [-0.39, 0.29) is 0 Å². The van der Waals surface area contributed by atoms with E-state index in [1.165, 1.54) is 44.9 Å². The molecular weight excluding hydrogens is 184 g/mol. The largest absolute Gasteiger partial charge is 0.381 e. The van der Waals surface area contributed by atoms with Crippen molar-refractivity contribution in [2.24, 2.45) is 17.3 Å². The van der Waals surface area contributed by atoms with E-state index in [0.29, 0.717) is 5.41 Å². The van der Waals surface area contributed by atoms with E-state index < -0.39 is 0 Å². The van der Waals surface area contributed by atoms with E-state index in [1.807, 2.05) is 0 Å². The molecule has 0 aromatic carbocycles. The van der Waals surface area contributed by atoms with E-state index in [0.717, 1.165) is 25.0 Å². The summed E-state index contributed by atoms with van der Waals surface area (Å²) in [7, 11) is 0. The van der Waals surface area contributed by atoms with E-state index in [2.05, 4.69) is 13.8 Å². The van der Waals surface area contributed by atoms with E-state index in [4.69, 9.17) is 4.74 Å².